The molecule has 0 saturated heterocycles. The normalized spacial score (nSPS) is 11.8. The first-order valence-electron chi connectivity index (χ1n) is 8.92. The lowest BCUT2D eigenvalue weighted by atomic mass is 10.2. The number of amides is 3. The fraction of sp³-hybridized carbons (Fsp3) is 0.0909. The van der Waals surface area contributed by atoms with Crippen molar-refractivity contribution in [2.24, 2.45) is 0 Å². The molecule has 0 bridgehead atoms. The lowest BCUT2D eigenvalue weighted by Crippen LogP contribution is -2.41. The van der Waals surface area contributed by atoms with Gasteiger partial charge in [0.1, 0.15) is 0 Å². The number of hydrogen-bond acceptors (Lipinski definition) is 5. The second-order valence-electron chi connectivity index (χ2n) is 6.15. The van der Waals surface area contributed by atoms with Crippen LogP contribution in [-0.2, 0) is 14.3 Å². The van der Waals surface area contributed by atoms with Crippen LogP contribution >= 0.6 is 0 Å². The van der Waals surface area contributed by atoms with E-state index in [0.717, 1.165) is 10.9 Å². The van der Waals surface area contributed by atoms with Crippen LogP contribution in [-0.4, -0.2) is 29.0 Å². The van der Waals surface area contributed by atoms with Crippen molar-refractivity contribution >= 4 is 40.6 Å². The van der Waals surface area contributed by atoms with E-state index in [9.17, 15) is 14.4 Å². The molecule has 0 saturated carbocycles. The fourth-order valence-electron chi connectivity index (χ4n) is 2.49. The van der Waals surface area contributed by atoms with Crippen molar-refractivity contribution in [3.63, 3.8) is 0 Å². The van der Waals surface area contributed by atoms with Crippen molar-refractivity contribution in [1.29, 1.82) is 0 Å². The number of fused-ring (bicyclic) bond motifs is 1. The van der Waals surface area contributed by atoms with E-state index in [1.807, 2.05) is 30.3 Å². The molecule has 0 spiro atoms. The minimum atomic E-state index is -1.14. The molecule has 0 aliphatic rings. The van der Waals surface area contributed by atoms with Crippen LogP contribution in [0.2, 0.25) is 0 Å². The summed E-state index contributed by atoms with van der Waals surface area (Å²) < 4.78 is 5.03. The number of nitrogens with one attached hydrogen (secondary N) is 2. The van der Waals surface area contributed by atoms with Crippen LogP contribution < -0.4 is 10.6 Å². The monoisotopic (exact) mass is 389 g/mol. The maximum Gasteiger partial charge on any atom is 0.331 e. The van der Waals surface area contributed by atoms with Gasteiger partial charge in [0, 0.05) is 17.1 Å². The van der Waals surface area contributed by atoms with E-state index in [0.29, 0.717) is 11.4 Å². The van der Waals surface area contributed by atoms with Crippen LogP contribution in [0.3, 0.4) is 0 Å². The van der Waals surface area contributed by atoms with Crippen LogP contribution in [0, 0.1) is 0 Å². The van der Waals surface area contributed by atoms with E-state index >= 15 is 0 Å². The second-order valence-corrected chi connectivity index (χ2v) is 6.15. The number of esters is 1. The summed E-state index contributed by atoms with van der Waals surface area (Å²) in [7, 11) is 0. The summed E-state index contributed by atoms with van der Waals surface area (Å²) in [5.41, 5.74) is 1.92. The molecular formula is C22H19N3O4. The number of anilines is 1. The van der Waals surface area contributed by atoms with Gasteiger partial charge < -0.3 is 10.1 Å². The molecule has 146 valence electrons. The Morgan fingerprint density at radius 3 is 2.48 bits per heavy atom. The average molecular weight is 389 g/mol. The quantitative estimate of drug-likeness (QED) is 0.514. The molecule has 1 heterocycles. The van der Waals surface area contributed by atoms with Crippen molar-refractivity contribution in [1.82, 2.24) is 10.3 Å². The summed E-state index contributed by atoms with van der Waals surface area (Å²) in [6.07, 6.45) is 1.55. The van der Waals surface area contributed by atoms with Gasteiger partial charge >= 0.3 is 12.0 Å². The van der Waals surface area contributed by atoms with Gasteiger partial charge in [-0.3, -0.25) is 10.1 Å². The van der Waals surface area contributed by atoms with E-state index in [-0.39, 0.29) is 0 Å². The SMILES string of the molecule is CC(OC(=O)/C=C/c1ccc2ccccc2n1)C(=O)NC(=O)Nc1ccccc1. The van der Waals surface area contributed by atoms with Gasteiger partial charge in [-0.1, -0.05) is 42.5 Å². The Morgan fingerprint density at radius 1 is 0.966 bits per heavy atom. The zero-order valence-electron chi connectivity index (χ0n) is 15.7. The second kappa shape index (κ2) is 9.27. The lowest BCUT2D eigenvalue weighted by molar-refractivity contribution is -0.149. The molecule has 0 fully saturated rings. The highest BCUT2D eigenvalue weighted by molar-refractivity contribution is 6.03. The number of benzene rings is 2. The van der Waals surface area contributed by atoms with Crippen LogP contribution in [0.25, 0.3) is 17.0 Å². The largest absolute Gasteiger partial charge is 0.449 e. The Hall–Kier alpha value is -4.00. The highest BCUT2D eigenvalue weighted by atomic mass is 16.5. The molecule has 0 aliphatic carbocycles. The third-order valence-corrected chi connectivity index (χ3v) is 3.94. The predicted molar refractivity (Wildman–Crippen MR) is 110 cm³/mol. The molecule has 29 heavy (non-hydrogen) atoms. The number of carbonyl (C=O) groups is 3. The molecule has 2 aromatic carbocycles. The van der Waals surface area contributed by atoms with Gasteiger partial charge in [0.15, 0.2) is 6.10 Å². The van der Waals surface area contributed by atoms with Crippen molar-refractivity contribution in [2.45, 2.75) is 13.0 Å². The van der Waals surface area contributed by atoms with Crippen LogP contribution in [0.1, 0.15) is 12.6 Å². The number of pyridine rings is 1. The Labute approximate surface area is 167 Å². The zero-order chi connectivity index (χ0) is 20.6. The molecule has 7 nitrogen and oxygen atoms in total. The Morgan fingerprint density at radius 2 is 1.69 bits per heavy atom. The predicted octanol–water partition coefficient (Wildman–Crippen LogP) is 3.53. The van der Waals surface area contributed by atoms with Gasteiger partial charge in [0.05, 0.1) is 11.2 Å². The highest BCUT2D eigenvalue weighted by Gasteiger charge is 2.19. The number of ether oxygens (including phenoxy) is 1. The molecule has 1 unspecified atom stereocenters. The first-order valence-corrected chi connectivity index (χ1v) is 8.92. The van der Waals surface area contributed by atoms with Crippen molar-refractivity contribution in [2.75, 3.05) is 5.32 Å². The van der Waals surface area contributed by atoms with Crippen LogP contribution in [0.15, 0.2) is 72.8 Å². The molecule has 1 atom stereocenters. The molecule has 3 rings (SSSR count). The Balaban J connectivity index is 1.51. The lowest BCUT2D eigenvalue weighted by Gasteiger charge is -2.12. The number of para-hydroxylation sites is 2. The Kier molecular flexibility index (Phi) is 6.32. The third kappa shape index (κ3) is 5.74. The van der Waals surface area contributed by atoms with Gasteiger partial charge in [-0.05, 0) is 37.3 Å². The summed E-state index contributed by atoms with van der Waals surface area (Å²) in [5.74, 6) is -1.45. The summed E-state index contributed by atoms with van der Waals surface area (Å²) >= 11 is 0. The van der Waals surface area contributed by atoms with E-state index in [2.05, 4.69) is 15.6 Å². The molecule has 3 aromatic rings. The zero-order valence-corrected chi connectivity index (χ0v) is 15.7. The Bertz CT molecular complexity index is 1060. The smallest absolute Gasteiger partial charge is 0.331 e. The molecule has 3 amide bonds. The molecule has 0 aliphatic heterocycles. The molecule has 2 N–H and O–H groups in total. The van der Waals surface area contributed by atoms with Gasteiger partial charge in [0.25, 0.3) is 5.91 Å². The molecule has 0 radical (unpaired) electrons. The van der Waals surface area contributed by atoms with Crippen molar-refractivity contribution in [3.05, 3.63) is 78.5 Å². The summed E-state index contributed by atoms with van der Waals surface area (Å²) in [5, 5.41) is 5.63. The average Bonchev–Trinajstić information content (AvgIpc) is 2.72. The van der Waals surface area contributed by atoms with E-state index in [1.165, 1.54) is 19.1 Å². The van der Waals surface area contributed by atoms with Crippen molar-refractivity contribution in [3.8, 4) is 0 Å². The summed E-state index contributed by atoms with van der Waals surface area (Å²) in [6.45, 7) is 1.38. The minimum absolute atomic E-state index is 0.535. The number of imide groups is 1. The third-order valence-electron chi connectivity index (χ3n) is 3.94. The summed E-state index contributed by atoms with van der Waals surface area (Å²) in [4.78, 5) is 40.2. The number of urea groups is 1. The minimum Gasteiger partial charge on any atom is -0.449 e. The number of aromatic nitrogens is 1. The van der Waals surface area contributed by atoms with E-state index in [4.69, 9.17) is 4.74 Å². The summed E-state index contributed by atoms with van der Waals surface area (Å²) in [6, 6.07) is 19.2. The topological polar surface area (TPSA) is 97.4 Å². The maximum absolute atomic E-state index is 12.0. The molecule has 1 aromatic heterocycles. The first kappa shape index (κ1) is 19.8. The number of carbonyl (C=O) groups excluding carboxylic acids is 3. The van der Waals surface area contributed by atoms with Gasteiger partial charge in [0.2, 0.25) is 0 Å². The van der Waals surface area contributed by atoms with Gasteiger partial charge in [-0.15, -0.1) is 0 Å². The maximum atomic E-state index is 12.0. The van der Waals surface area contributed by atoms with E-state index in [1.54, 1.807) is 36.4 Å². The highest BCUT2D eigenvalue weighted by Crippen LogP contribution is 2.12. The van der Waals surface area contributed by atoms with Crippen LogP contribution in [0.4, 0.5) is 10.5 Å². The molecular weight excluding hydrogens is 370 g/mol. The van der Waals surface area contributed by atoms with E-state index < -0.39 is 24.0 Å². The van der Waals surface area contributed by atoms with Gasteiger partial charge in [-0.25, -0.2) is 14.6 Å². The number of rotatable bonds is 5. The first-order chi connectivity index (χ1) is 14.0. The fourth-order valence-corrected chi connectivity index (χ4v) is 2.49. The molecule has 7 heteroatoms. The standard InChI is InChI=1S/C22H19N3O4/c1-15(21(27)25-22(28)24-17-8-3-2-4-9-17)29-20(26)14-13-18-12-11-16-7-5-6-10-19(16)23-18/h2-15H,1H3,(H2,24,25,27,28)/b14-13+. The van der Waals surface area contributed by atoms with Crippen LogP contribution in [0.5, 0.6) is 0 Å². The van der Waals surface area contributed by atoms with Crippen molar-refractivity contribution < 1.29 is 19.1 Å². The number of hydrogen-bond donors (Lipinski definition) is 2. The number of nitrogens with zero attached hydrogens (tertiary/aromatic N) is 1. The van der Waals surface area contributed by atoms with Gasteiger partial charge in [-0.2, -0.15) is 0 Å².